The summed E-state index contributed by atoms with van der Waals surface area (Å²) < 4.78 is 19.3. The summed E-state index contributed by atoms with van der Waals surface area (Å²) in [4.78, 5) is 0. The number of aliphatic hydroxyl groups is 1. The van der Waals surface area contributed by atoms with Crippen molar-refractivity contribution in [3.05, 3.63) is 11.8 Å². The molecule has 1 aromatic heterocycles. The average Bonchev–Trinajstić information content (AvgIpc) is 2.93. The van der Waals surface area contributed by atoms with Crippen LogP contribution in [0.3, 0.4) is 0 Å². The van der Waals surface area contributed by atoms with Gasteiger partial charge in [-0.1, -0.05) is 40.4 Å². The Labute approximate surface area is 167 Å². The maximum atomic E-state index is 9.66. The van der Waals surface area contributed by atoms with Crippen molar-refractivity contribution in [1.29, 1.82) is 0 Å². The quantitative estimate of drug-likeness (QED) is 0.323. The van der Waals surface area contributed by atoms with E-state index in [1.54, 1.807) is 10.7 Å². The molecule has 0 unspecified atom stereocenters. The molecule has 27 heavy (non-hydrogen) atoms. The van der Waals surface area contributed by atoms with Crippen LogP contribution < -0.4 is 4.74 Å². The molecule has 0 aliphatic heterocycles. The number of aromatic nitrogens is 2. The molecular weight excluding hydrogens is 376 g/mol. The van der Waals surface area contributed by atoms with Gasteiger partial charge in [0.25, 0.3) is 0 Å². The van der Waals surface area contributed by atoms with Crippen LogP contribution in [0.5, 0.6) is 5.88 Å². The fraction of sp³-hybridized carbons (Fsp3) is 0.842. The smallest absolute Gasteiger partial charge is 0.235 e. The summed E-state index contributed by atoms with van der Waals surface area (Å²) >= 11 is 0. The first-order chi connectivity index (χ1) is 12.3. The average molecular weight is 417 g/mol. The first kappa shape index (κ1) is 24.4. The van der Waals surface area contributed by atoms with E-state index in [1.807, 2.05) is 6.92 Å². The second-order valence-corrected chi connectivity index (χ2v) is 20.4. The lowest BCUT2D eigenvalue weighted by Gasteiger charge is -2.37. The SMILES string of the molecule is C[C@@H](CO[Si](C)(C)C(C)(C)C)n1nc(OCOCC[Si](C)(C)C)cc1CO. The summed E-state index contributed by atoms with van der Waals surface area (Å²) in [6, 6.07) is 2.89. The largest absolute Gasteiger partial charge is 0.449 e. The lowest BCUT2D eigenvalue weighted by molar-refractivity contribution is 0.0187. The molecule has 1 heterocycles. The molecule has 6 nitrogen and oxygen atoms in total. The minimum Gasteiger partial charge on any atom is -0.449 e. The predicted molar refractivity (Wildman–Crippen MR) is 116 cm³/mol. The number of hydrogen-bond donors (Lipinski definition) is 1. The number of aliphatic hydroxyl groups excluding tert-OH is 1. The fourth-order valence-corrected chi connectivity index (χ4v) is 3.98. The monoisotopic (exact) mass is 416 g/mol. The first-order valence-electron chi connectivity index (χ1n) is 9.80. The first-order valence-corrected chi connectivity index (χ1v) is 16.4. The molecule has 158 valence electrons. The Morgan fingerprint density at radius 1 is 1.19 bits per heavy atom. The van der Waals surface area contributed by atoms with Crippen LogP contribution in [0, 0.1) is 0 Å². The topological polar surface area (TPSA) is 65.7 Å². The van der Waals surface area contributed by atoms with Crippen molar-refractivity contribution in [2.45, 2.75) is 84.2 Å². The van der Waals surface area contributed by atoms with E-state index in [0.717, 1.165) is 11.7 Å². The van der Waals surface area contributed by atoms with Crippen LogP contribution in [0.1, 0.15) is 39.4 Å². The van der Waals surface area contributed by atoms with Gasteiger partial charge in [0.05, 0.1) is 24.9 Å². The van der Waals surface area contributed by atoms with Crippen LogP contribution in [0.4, 0.5) is 0 Å². The molecule has 0 saturated carbocycles. The number of ether oxygens (including phenoxy) is 2. The zero-order chi connectivity index (χ0) is 20.9. The van der Waals surface area contributed by atoms with E-state index in [4.69, 9.17) is 13.9 Å². The van der Waals surface area contributed by atoms with Gasteiger partial charge < -0.3 is 19.0 Å². The van der Waals surface area contributed by atoms with E-state index in [9.17, 15) is 5.11 Å². The molecule has 0 aliphatic carbocycles. The van der Waals surface area contributed by atoms with Crippen LogP contribution in [0.15, 0.2) is 6.07 Å². The Hall–Kier alpha value is -0.676. The Morgan fingerprint density at radius 2 is 1.81 bits per heavy atom. The Balaban J connectivity index is 2.60. The van der Waals surface area contributed by atoms with E-state index in [2.05, 4.69) is 58.6 Å². The lowest BCUT2D eigenvalue weighted by atomic mass is 10.2. The summed E-state index contributed by atoms with van der Waals surface area (Å²) in [7, 11) is -2.91. The minimum atomic E-state index is -1.82. The molecule has 0 radical (unpaired) electrons. The molecule has 0 aliphatic rings. The van der Waals surface area contributed by atoms with Crippen LogP contribution >= 0.6 is 0 Å². The van der Waals surface area contributed by atoms with Crippen molar-refractivity contribution in [2.24, 2.45) is 0 Å². The van der Waals surface area contributed by atoms with Crippen LogP contribution in [-0.4, -0.2) is 51.3 Å². The van der Waals surface area contributed by atoms with Crippen molar-refractivity contribution in [1.82, 2.24) is 9.78 Å². The molecule has 8 heteroatoms. The van der Waals surface area contributed by atoms with Crippen LogP contribution in [0.25, 0.3) is 0 Å². The second kappa shape index (κ2) is 9.69. The summed E-state index contributed by atoms with van der Waals surface area (Å²) in [6.07, 6.45) is 0. The number of hydrogen-bond acceptors (Lipinski definition) is 5. The zero-order valence-corrected chi connectivity index (χ0v) is 20.8. The van der Waals surface area contributed by atoms with Gasteiger partial charge in [-0.3, -0.25) is 4.68 Å². The normalized spacial score (nSPS) is 14.4. The van der Waals surface area contributed by atoms with Gasteiger partial charge in [-0.05, 0) is 31.1 Å². The maximum Gasteiger partial charge on any atom is 0.235 e. The molecule has 1 aromatic rings. The van der Waals surface area contributed by atoms with Crippen LogP contribution in [0.2, 0.25) is 43.8 Å². The predicted octanol–water partition coefficient (Wildman–Crippen LogP) is 4.65. The van der Waals surface area contributed by atoms with E-state index in [1.165, 1.54) is 0 Å². The molecule has 0 bridgehead atoms. The van der Waals surface area contributed by atoms with Crippen molar-refractivity contribution in [3.8, 4) is 5.88 Å². The van der Waals surface area contributed by atoms with Crippen molar-refractivity contribution < 1.29 is 19.0 Å². The van der Waals surface area contributed by atoms with Gasteiger partial charge in [0.15, 0.2) is 15.1 Å². The Morgan fingerprint density at radius 3 is 2.33 bits per heavy atom. The van der Waals surface area contributed by atoms with Gasteiger partial charge in [-0.15, -0.1) is 5.10 Å². The standard InChI is InChI=1S/C19H40N2O4Si2/c1-16(14-25-27(8,9)19(2,3)4)21-17(13-22)12-18(20-21)24-15-23-10-11-26(5,6)7/h12,16,22H,10-11,13-15H2,1-9H3/t16-/m0/s1. The third kappa shape index (κ3) is 8.07. The highest BCUT2D eigenvalue weighted by Crippen LogP contribution is 2.37. The summed E-state index contributed by atoms with van der Waals surface area (Å²) in [5, 5.41) is 14.3. The summed E-state index contributed by atoms with van der Waals surface area (Å²) in [5.74, 6) is 0.478. The van der Waals surface area contributed by atoms with Gasteiger partial charge in [0.2, 0.25) is 5.88 Å². The van der Waals surface area contributed by atoms with Gasteiger partial charge in [-0.2, -0.15) is 0 Å². The molecule has 0 aromatic carbocycles. The molecule has 0 spiro atoms. The van der Waals surface area contributed by atoms with Crippen molar-refractivity contribution >= 4 is 16.4 Å². The highest BCUT2D eigenvalue weighted by Gasteiger charge is 2.37. The third-order valence-electron chi connectivity index (χ3n) is 5.15. The second-order valence-electron chi connectivity index (χ2n) is 9.98. The van der Waals surface area contributed by atoms with Crippen LogP contribution in [-0.2, 0) is 15.8 Å². The molecular formula is C19H40N2O4Si2. The molecule has 1 N–H and O–H groups in total. The van der Waals surface area contributed by atoms with Crippen molar-refractivity contribution in [3.63, 3.8) is 0 Å². The third-order valence-corrected chi connectivity index (χ3v) is 11.4. The molecule has 0 saturated heterocycles. The number of rotatable bonds is 11. The van der Waals surface area contributed by atoms with Gasteiger partial charge >= 0.3 is 0 Å². The van der Waals surface area contributed by atoms with E-state index < -0.39 is 16.4 Å². The molecule has 0 amide bonds. The maximum absolute atomic E-state index is 9.66. The van der Waals surface area contributed by atoms with Gasteiger partial charge in [0, 0.05) is 20.7 Å². The lowest BCUT2D eigenvalue weighted by Crippen LogP contribution is -2.42. The molecule has 0 fully saturated rings. The Bertz CT molecular complexity index is 577. The van der Waals surface area contributed by atoms with Gasteiger partial charge in [0.1, 0.15) is 0 Å². The van der Waals surface area contributed by atoms with Gasteiger partial charge in [-0.25, -0.2) is 0 Å². The highest BCUT2D eigenvalue weighted by molar-refractivity contribution is 6.76. The fourth-order valence-electron chi connectivity index (χ4n) is 2.13. The summed E-state index contributed by atoms with van der Waals surface area (Å²) in [6.45, 7) is 21.5. The molecule has 1 rings (SSSR count). The highest BCUT2D eigenvalue weighted by atomic mass is 28.4. The summed E-state index contributed by atoms with van der Waals surface area (Å²) in [5.41, 5.74) is 0.721. The molecule has 1 atom stereocenters. The van der Waals surface area contributed by atoms with E-state index in [-0.39, 0.29) is 24.5 Å². The number of nitrogens with zero attached hydrogens (tertiary/aromatic N) is 2. The minimum absolute atomic E-state index is 0.0198. The van der Waals surface area contributed by atoms with E-state index in [0.29, 0.717) is 19.1 Å². The van der Waals surface area contributed by atoms with E-state index >= 15 is 0 Å². The Kier molecular flexibility index (Phi) is 8.74. The van der Waals surface area contributed by atoms with Crippen molar-refractivity contribution in [2.75, 3.05) is 20.0 Å². The zero-order valence-electron chi connectivity index (χ0n) is 18.8.